The summed E-state index contributed by atoms with van der Waals surface area (Å²) in [4.78, 5) is 36.3. The van der Waals surface area contributed by atoms with Crippen molar-refractivity contribution in [3.63, 3.8) is 0 Å². The largest absolute Gasteiger partial charge is 0.482 e. The van der Waals surface area contributed by atoms with Crippen LogP contribution in [0.25, 0.3) is 0 Å². The van der Waals surface area contributed by atoms with E-state index in [4.69, 9.17) is 9.47 Å². The van der Waals surface area contributed by atoms with Crippen LogP contribution in [-0.2, 0) is 14.3 Å². The zero-order chi connectivity index (χ0) is 19.9. The lowest BCUT2D eigenvalue weighted by Crippen LogP contribution is -2.50. The van der Waals surface area contributed by atoms with Gasteiger partial charge in [-0.1, -0.05) is 12.1 Å². The van der Waals surface area contributed by atoms with Gasteiger partial charge in [0.1, 0.15) is 5.75 Å². The molecule has 1 fully saturated rings. The molecule has 2 aromatic rings. The smallest absolute Gasteiger partial charge is 0.344 e. The van der Waals surface area contributed by atoms with Crippen molar-refractivity contribution in [3.05, 3.63) is 47.8 Å². The molecule has 2 heterocycles. The van der Waals surface area contributed by atoms with E-state index in [0.717, 1.165) is 11.1 Å². The molecule has 0 atom stereocenters. The Hall–Kier alpha value is -3.16. The van der Waals surface area contributed by atoms with Crippen molar-refractivity contribution in [1.82, 2.24) is 14.9 Å². The van der Waals surface area contributed by atoms with Gasteiger partial charge in [-0.15, -0.1) is 0 Å². The number of amides is 1. The van der Waals surface area contributed by atoms with Gasteiger partial charge in [-0.3, -0.25) is 4.79 Å². The van der Waals surface area contributed by atoms with Gasteiger partial charge in [-0.2, -0.15) is 0 Å². The van der Waals surface area contributed by atoms with E-state index in [-0.39, 0.29) is 19.1 Å². The molecule has 1 aromatic carbocycles. The van der Waals surface area contributed by atoms with Crippen LogP contribution in [0, 0.1) is 13.8 Å². The second kappa shape index (κ2) is 9.16. The molecule has 0 unspecified atom stereocenters. The summed E-state index contributed by atoms with van der Waals surface area (Å²) in [7, 11) is 0. The van der Waals surface area contributed by atoms with E-state index in [1.165, 1.54) is 0 Å². The first-order valence-corrected chi connectivity index (χ1v) is 9.19. The molecule has 1 saturated heterocycles. The third kappa shape index (κ3) is 4.97. The predicted molar refractivity (Wildman–Crippen MR) is 103 cm³/mol. The van der Waals surface area contributed by atoms with E-state index in [0.29, 0.717) is 37.9 Å². The molecule has 1 aliphatic heterocycles. The minimum Gasteiger partial charge on any atom is -0.482 e. The van der Waals surface area contributed by atoms with E-state index in [1.807, 2.05) is 30.9 Å². The number of benzene rings is 1. The van der Waals surface area contributed by atoms with Crippen molar-refractivity contribution in [1.29, 1.82) is 0 Å². The van der Waals surface area contributed by atoms with Crippen LogP contribution in [-0.4, -0.2) is 66.1 Å². The standard InChI is InChI=1S/C20H24N4O4/c1-15-5-3-6-17(16(15)2)27-14-19(26)28-13-18(25)23-9-11-24(12-10-23)20-21-7-4-8-22-20/h3-8H,9-14H2,1-2H3. The van der Waals surface area contributed by atoms with Gasteiger partial charge in [0.05, 0.1) is 0 Å². The van der Waals surface area contributed by atoms with E-state index in [9.17, 15) is 9.59 Å². The van der Waals surface area contributed by atoms with Gasteiger partial charge in [0, 0.05) is 38.6 Å². The highest BCUT2D eigenvalue weighted by Crippen LogP contribution is 2.20. The Morgan fingerprint density at radius 2 is 1.71 bits per heavy atom. The van der Waals surface area contributed by atoms with Gasteiger partial charge in [-0.25, -0.2) is 14.8 Å². The van der Waals surface area contributed by atoms with Crippen molar-refractivity contribution >= 4 is 17.8 Å². The summed E-state index contributed by atoms with van der Waals surface area (Å²) in [5, 5.41) is 0. The Balaban J connectivity index is 1.39. The number of hydrogen-bond acceptors (Lipinski definition) is 7. The highest BCUT2D eigenvalue weighted by molar-refractivity contribution is 5.81. The molecule has 148 valence electrons. The molecule has 1 aliphatic rings. The molecule has 8 nitrogen and oxygen atoms in total. The molecule has 0 spiro atoms. The number of aromatic nitrogens is 2. The maximum Gasteiger partial charge on any atom is 0.344 e. The van der Waals surface area contributed by atoms with E-state index in [2.05, 4.69) is 9.97 Å². The molecule has 0 N–H and O–H groups in total. The fourth-order valence-corrected chi connectivity index (χ4v) is 2.90. The van der Waals surface area contributed by atoms with Gasteiger partial charge in [0.15, 0.2) is 13.2 Å². The lowest BCUT2D eigenvalue weighted by molar-refractivity contribution is -0.153. The summed E-state index contributed by atoms with van der Waals surface area (Å²) in [5.74, 6) is 0.520. The van der Waals surface area contributed by atoms with Crippen molar-refractivity contribution < 1.29 is 19.1 Å². The Kier molecular flexibility index (Phi) is 6.41. The third-order valence-electron chi connectivity index (χ3n) is 4.72. The molecular weight excluding hydrogens is 360 g/mol. The zero-order valence-corrected chi connectivity index (χ0v) is 16.1. The molecule has 1 aromatic heterocycles. The second-order valence-electron chi connectivity index (χ2n) is 6.56. The fourth-order valence-electron chi connectivity index (χ4n) is 2.90. The topological polar surface area (TPSA) is 84.9 Å². The summed E-state index contributed by atoms with van der Waals surface area (Å²) in [5.41, 5.74) is 2.06. The Morgan fingerprint density at radius 3 is 2.43 bits per heavy atom. The first-order chi connectivity index (χ1) is 13.5. The molecule has 0 aliphatic carbocycles. The molecule has 28 heavy (non-hydrogen) atoms. The average molecular weight is 384 g/mol. The first-order valence-electron chi connectivity index (χ1n) is 9.19. The Bertz CT molecular complexity index is 820. The van der Waals surface area contributed by atoms with Crippen molar-refractivity contribution in [2.24, 2.45) is 0 Å². The van der Waals surface area contributed by atoms with Crippen LogP contribution < -0.4 is 9.64 Å². The van der Waals surface area contributed by atoms with Crippen LogP contribution in [0.2, 0.25) is 0 Å². The maximum atomic E-state index is 12.3. The van der Waals surface area contributed by atoms with E-state index in [1.54, 1.807) is 29.4 Å². The van der Waals surface area contributed by atoms with Crippen molar-refractivity contribution in [2.45, 2.75) is 13.8 Å². The molecule has 0 saturated carbocycles. The molecule has 0 bridgehead atoms. The Labute approximate surface area is 164 Å². The van der Waals surface area contributed by atoms with Crippen molar-refractivity contribution in [3.8, 4) is 5.75 Å². The number of hydrogen-bond donors (Lipinski definition) is 0. The van der Waals surface area contributed by atoms with E-state index < -0.39 is 5.97 Å². The number of rotatable bonds is 6. The van der Waals surface area contributed by atoms with Crippen LogP contribution in [0.5, 0.6) is 5.75 Å². The third-order valence-corrected chi connectivity index (χ3v) is 4.72. The Morgan fingerprint density at radius 1 is 1.00 bits per heavy atom. The summed E-state index contributed by atoms with van der Waals surface area (Å²) < 4.78 is 10.6. The summed E-state index contributed by atoms with van der Waals surface area (Å²) in [6, 6.07) is 7.41. The zero-order valence-electron chi connectivity index (χ0n) is 16.1. The van der Waals surface area contributed by atoms with E-state index >= 15 is 0 Å². The van der Waals surface area contributed by atoms with Crippen LogP contribution in [0.1, 0.15) is 11.1 Å². The van der Waals surface area contributed by atoms with Gasteiger partial charge in [0.25, 0.3) is 5.91 Å². The minimum absolute atomic E-state index is 0.214. The van der Waals surface area contributed by atoms with Crippen LogP contribution in [0.15, 0.2) is 36.7 Å². The number of ether oxygens (including phenoxy) is 2. The number of piperazine rings is 1. The highest BCUT2D eigenvalue weighted by Gasteiger charge is 2.23. The van der Waals surface area contributed by atoms with Gasteiger partial charge < -0.3 is 19.3 Å². The lowest BCUT2D eigenvalue weighted by atomic mass is 10.1. The monoisotopic (exact) mass is 384 g/mol. The quantitative estimate of drug-likeness (QED) is 0.695. The number of nitrogens with zero attached hydrogens (tertiary/aromatic N) is 4. The number of esters is 1. The first kappa shape index (κ1) is 19.6. The van der Waals surface area contributed by atoms with Crippen LogP contribution >= 0.6 is 0 Å². The molecule has 3 rings (SSSR count). The normalized spacial score (nSPS) is 13.9. The minimum atomic E-state index is -0.564. The van der Waals surface area contributed by atoms with Gasteiger partial charge >= 0.3 is 5.97 Å². The molecule has 1 amide bonds. The number of anilines is 1. The fraction of sp³-hybridized carbons (Fsp3) is 0.400. The van der Waals surface area contributed by atoms with Gasteiger partial charge in [0.2, 0.25) is 5.95 Å². The summed E-state index contributed by atoms with van der Waals surface area (Å²) in [6.07, 6.45) is 3.39. The highest BCUT2D eigenvalue weighted by atomic mass is 16.6. The van der Waals surface area contributed by atoms with Crippen molar-refractivity contribution in [2.75, 3.05) is 44.3 Å². The lowest BCUT2D eigenvalue weighted by Gasteiger charge is -2.34. The molecule has 8 heteroatoms. The number of aryl methyl sites for hydroxylation is 1. The second-order valence-corrected chi connectivity index (χ2v) is 6.56. The maximum absolute atomic E-state index is 12.3. The summed E-state index contributed by atoms with van der Waals surface area (Å²) in [6.45, 7) is 5.75. The average Bonchev–Trinajstić information content (AvgIpc) is 2.74. The number of carbonyl (C=O) groups is 2. The summed E-state index contributed by atoms with van der Waals surface area (Å²) >= 11 is 0. The van der Waals surface area contributed by atoms with Crippen LogP contribution in [0.3, 0.4) is 0 Å². The SMILES string of the molecule is Cc1cccc(OCC(=O)OCC(=O)N2CCN(c3ncccn3)CC2)c1C. The predicted octanol–water partition coefficient (Wildman–Crippen LogP) is 1.36. The molecule has 0 radical (unpaired) electrons. The number of carbonyl (C=O) groups excluding carboxylic acids is 2. The molecular formula is C20H24N4O4. The van der Waals surface area contributed by atoms with Crippen LogP contribution in [0.4, 0.5) is 5.95 Å². The van der Waals surface area contributed by atoms with Gasteiger partial charge in [-0.05, 0) is 37.1 Å².